The summed E-state index contributed by atoms with van der Waals surface area (Å²) in [7, 11) is -2.90. The number of rotatable bonds is 2. The van der Waals surface area contributed by atoms with Gasteiger partial charge >= 0.3 is 0 Å². The molecule has 3 aromatic rings. The van der Waals surface area contributed by atoms with Crippen LogP contribution in [-0.4, -0.2) is 48.2 Å². The van der Waals surface area contributed by atoms with Crippen LogP contribution in [0.4, 0.5) is 5.95 Å². The summed E-state index contributed by atoms with van der Waals surface area (Å²) in [6.45, 7) is 0.884. The van der Waals surface area contributed by atoms with Crippen molar-refractivity contribution in [3.63, 3.8) is 0 Å². The van der Waals surface area contributed by atoms with E-state index in [9.17, 15) is 8.42 Å². The molecule has 7 heteroatoms. The third kappa shape index (κ3) is 2.79. The molecule has 1 fully saturated rings. The molecule has 0 spiro atoms. The maximum Gasteiger partial charge on any atom is 0.245 e. The van der Waals surface area contributed by atoms with Crippen molar-refractivity contribution in [2.45, 2.75) is 0 Å². The number of aromatic amines is 1. The molecule has 23 heavy (non-hydrogen) atoms. The van der Waals surface area contributed by atoms with Crippen LogP contribution >= 0.6 is 0 Å². The van der Waals surface area contributed by atoms with Crippen molar-refractivity contribution in [2.75, 3.05) is 29.5 Å². The molecule has 0 amide bonds. The smallest absolute Gasteiger partial charge is 0.245 e. The first-order chi connectivity index (χ1) is 11.1. The van der Waals surface area contributed by atoms with Gasteiger partial charge in [0.1, 0.15) is 0 Å². The highest BCUT2D eigenvalue weighted by Crippen LogP contribution is 2.23. The monoisotopic (exact) mass is 328 g/mol. The fourth-order valence-corrected chi connectivity index (χ4v) is 3.97. The van der Waals surface area contributed by atoms with Crippen LogP contribution in [0.3, 0.4) is 0 Å². The summed E-state index contributed by atoms with van der Waals surface area (Å²) in [6.07, 6.45) is 0. The summed E-state index contributed by atoms with van der Waals surface area (Å²) >= 11 is 0. The van der Waals surface area contributed by atoms with Crippen molar-refractivity contribution < 1.29 is 8.42 Å². The first kappa shape index (κ1) is 14.2. The van der Waals surface area contributed by atoms with Crippen LogP contribution in [0.15, 0.2) is 42.5 Å². The fraction of sp³-hybridized carbons (Fsp3) is 0.250. The predicted octanol–water partition coefficient (Wildman–Crippen LogP) is 1.86. The Balaban J connectivity index is 1.62. The van der Waals surface area contributed by atoms with E-state index in [4.69, 9.17) is 0 Å². The first-order valence-electron chi connectivity index (χ1n) is 7.48. The van der Waals surface area contributed by atoms with Crippen molar-refractivity contribution in [1.29, 1.82) is 0 Å². The topological polar surface area (TPSA) is 79.0 Å². The van der Waals surface area contributed by atoms with Gasteiger partial charge in [0.2, 0.25) is 5.95 Å². The molecule has 0 bridgehead atoms. The van der Waals surface area contributed by atoms with Gasteiger partial charge in [0.15, 0.2) is 15.7 Å². The molecule has 0 radical (unpaired) electrons. The van der Waals surface area contributed by atoms with E-state index < -0.39 is 9.84 Å². The Hall–Kier alpha value is -2.41. The number of benzene rings is 2. The minimum Gasteiger partial charge on any atom is -0.338 e. The lowest BCUT2D eigenvalue weighted by atomic mass is 10.1. The summed E-state index contributed by atoms with van der Waals surface area (Å²) in [5, 5.41) is 9.51. The van der Waals surface area contributed by atoms with Gasteiger partial charge in [-0.1, -0.05) is 36.4 Å². The molecule has 1 N–H and O–H groups in total. The quantitative estimate of drug-likeness (QED) is 0.777. The van der Waals surface area contributed by atoms with E-state index in [-0.39, 0.29) is 11.5 Å². The van der Waals surface area contributed by atoms with Crippen LogP contribution in [0, 0.1) is 0 Å². The van der Waals surface area contributed by atoms with Gasteiger partial charge in [-0.3, -0.25) is 5.10 Å². The van der Waals surface area contributed by atoms with Crippen LogP contribution in [0.1, 0.15) is 0 Å². The number of anilines is 1. The number of nitrogens with zero attached hydrogens (tertiary/aromatic N) is 3. The van der Waals surface area contributed by atoms with Crippen LogP contribution in [0.2, 0.25) is 0 Å². The maximum absolute atomic E-state index is 11.5. The second-order valence-corrected chi connectivity index (χ2v) is 7.99. The Bertz CT molecular complexity index is 951. The third-order valence-electron chi connectivity index (χ3n) is 4.12. The molecule has 2 heterocycles. The summed E-state index contributed by atoms with van der Waals surface area (Å²) in [4.78, 5) is 6.43. The number of aromatic nitrogens is 3. The number of nitrogens with one attached hydrogen (secondary N) is 1. The molecule has 1 aliphatic rings. The number of hydrogen-bond donors (Lipinski definition) is 1. The molecule has 4 rings (SSSR count). The highest BCUT2D eigenvalue weighted by molar-refractivity contribution is 7.91. The summed E-state index contributed by atoms with van der Waals surface area (Å²) in [5.41, 5.74) is 0.965. The van der Waals surface area contributed by atoms with E-state index in [0.29, 0.717) is 24.9 Å². The standard InChI is InChI=1S/C16H16N4O2S/c21-23(22)9-7-20(8-10-23)16-17-15(18-19-16)14-6-5-12-3-1-2-4-13(12)11-14/h1-6,11H,7-10H2,(H,17,18,19). The minimum atomic E-state index is -2.90. The van der Waals surface area contributed by atoms with Crippen molar-refractivity contribution in [3.05, 3.63) is 42.5 Å². The molecular weight excluding hydrogens is 312 g/mol. The molecule has 1 saturated heterocycles. The normalized spacial score (nSPS) is 17.5. The Morgan fingerprint density at radius 3 is 2.52 bits per heavy atom. The lowest BCUT2D eigenvalue weighted by Gasteiger charge is -2.25. The van der Waals surface area contributed by atoms with Crippen LogP contribution < -0.4 is 4.90 Å². The molecule has 1 aromatic heterocycles. The van der Waals surface area contributed by atoms with Gasteiger partial charge in [-0.05, 0) is 16.8 Å². The van der Waals surface area contributed by atoms with Crippen LogP contribution in [0.25, 0.3) is 22.2 Å². The number of sulfone groups is 1. The van der Waals surface area contributed by atoms with E-state index >= 15 is 0 Å². The minimum absolute atomic E-state index is 0.160. The van der Waals surface area contributed by atoms with E-state index in [1.54, 1.807) is 0 Å². The van der Waals surface area contributed by atoms with Crippen molar-refractivity contribution in [1.82, 2.24) is 15.2 Å². The Morgan fingerprint density at radius 1 is 1.00 bits per heavy atom. The average Bonchev–Trinajstić information content (AvgIpc) is 3.04. The van der Waals surface area contributed by atoms with Crippen LogP contribution in [0.5, 0.6) is 0 Å². The second kappa shape index (κ2) is 5.34. The highest BCUT2D eigenvalue weighted by atomic mass is 32.2. The summed E-state index contributed by atoms with van der Waals surface area (Å²) in [6, 6.07) is 14.3. The zero-order valence-corrected chi connectivity index (χ0v) is 13.3. The highest BCUT2D eigenvalue weighted by Gasteiger charge is 2.24. The first-order valence-corrected chi connectivity index (χ1v) is 9.30. The molecule has 118 valence electrons. The number of fused-ring (bicyclic) bond motifs is 1. The molecule has 2 aromatic carbocycles. The Morgan fingerprint density at radius 2 is 1.74 bits per heavy atom. The number of hydrogen-bond acceptors (Lipinski definition) is 5. The average molecular weight is 328 g/mol. The van der Waals surface area contributed by atoms with Gasteiger partial charge in [0.05, 0.1) is 11.5 Å². The lowest BCUT2D eigenvalue weighted by Crippen LogP contribution is -2.40. The van der Waals surface area contributed by atoms with Gasteiger partial charge in [-0.2, -0.15) is 4.98 Å². The van der Waals surface area contributed by atoms with Crippen molar-refractivity contribution >= 4 is 26.6 Å². The van der Waals surface area contributed by atoms with Gasteiger partial charge in [0, 0.05) is 18.7 Å². The SMILES string of the molecule is O=S1(=O)CCN(c2n[nH]c(-c3ccc4ccccc4c3)n2)CC1. The van der Waals surface area contributed by atoms with E-state index in [1.165, 1.54) is 5.39 Å². The maximum atomic E-state index is 11.5. The van der Waals surface area contributed by atoms with Crippen LogP contribution in [-0.2, 0) is 9.84 Å². The van der Waals surface area contributed by atoms with Gasteiger partial charge in [-0.25, -0.2) is 8.42 Å². The van der Waals surface area contributed by atoms with E-state index in [2.05, 4.69) is 39.4 Å². The fourth-order valence-electron chi connectivity index (χ4n) is 2.77. The van der Waals surface area contributed by atoms with Gasteiger partial charge < -0.3 is 4.90 Å². The molecular formula is C16H16N4O2S. The summed E-state index contributed by atoms with van der Waals surface area (Å²) in [5.74, 6) is 1.57. The zero-order valence-electron chi connectivity index (χ0n) is 12.4. The molecule has 0 saturated carbocycles. The zero-order chi connectivity index (χ0) is 15.9. The number of H-pyrrole nitrogens is 1. The molecule has 0 unspecified atom stereocenters. The third-order valence-corrected chi connectivity index (χ3v) is 5.73. The molecule has 1 aliphatic heterocycles. The van der Waals surface area contributed by atoms with Crippen molar-refractivity contribution in [2.24, 2.45) is 0 Å². The van der Waals surface area contributed by atoms with E-state index in [0.717, 1.165) is 10.9 Å². The van der Waals surface area contributed by atoms with Gasteiger partial charge in [0.25, 0.3) is 0 Å². The van der Waals surface area contributed by atoms with E-state index in [1.807, 2.05) is 23.1 Å². The largest absolute Gasteiger partial charge is 0.338 e. The predicted molar refractivity (Wildman–Crippen MR) is 90.2 cm³/mol. The summed E-state index contributed by atoms with van der Waals surface area (Å²) < 4.78 is 23.0. The Labute approximate surface area is 134 Å². The second-order valence-electron chi connectivity index (χ2n) is 5.68. The molecule has 6 nitrogen and oxygen atoms in total. The van der Waals surface area contributed by atoms with Gasteiger partial charge in [-0.15, -0.1) is 5.10 Å². The molecule has 0 atom stereocenters. The lowest BCUT2D eigenvalue weighted by molar-refractivity contribution is 0.585. The molecule has 0 aliphatic carbocycles. The Kier molecular flexibility index (Phi) is 3.30. The van der Waals surface area contributed by atoms with Crippen molar-refractivity contribution in [3.8, 4) is 11.4 Å².